The van der Waals surface area contributed by atoms with Crippen LogP contribution >= 0.6 is 0 Å². The molecule has 2 rings (SSSR count). The smallest absolute Gasteiger partial charge is 0.218 e. The first-order valence-corrected chi connectivity index (χ1v) is 3.79. The zero-order valence-electron chi connectivity index (χ0n) is 7.07. The third-order valence-corrected chi connectivity index (χ3v) is 1.93. The fourth-order valence-corrected chi connectivity index (χ4v) is 1.31. The maximum atomic E-state index is 9.49. The summed E-state index contributed by atoms with van der Waals surface area (Å²) in [4.78, 5) is 4.13. The van der Waals surface area contributed by atoms with E-state index in [-0.39, 0.29) is 5.88 Å². The van der Waals surface area contributed by atoms with E-state index in [1.807, 2.05) is 19.2 Å². The van der Waals surface area contributed by atoms with Crippen LogP contribution in [-0.4, -0.2) is 14.7 Å². The van der Waals surface area contributed by atoms with Gasteiger partial charge in [-0.1, -0.05) is 0 Å². The normalized spacial score (nSPS) is 10.8. The van der Waals surface area contributed by atoms with Gasteiger partial charge in [-0.3, -0.25) is 4.98 Å². The topological polar surface area (TPSA) is 38.1 Å². The molecule has 0 aliphatic heterocycles. The van der Waals surface area contributed by atoms with Crippen LogP contribution < -0.4 is 0 Å². The maximum absolute atomic E-state index is 9.49. The lowest BCUT2D eigenvalue weighted by Gasteiger charge is -1.92. The highest BCUT2D eigenvalue weighted by Gasteiger charge is 2.05. The number of aromatic nitrogens is 2. The summed E-state index contributed by atoms with van der Waals surface area (Å²) in [7, 11) is 1.80. The summed E-state index contributed by atoms with van der Waals surface area (Å²) in [5.74, 6) is 0.227. The minimum absolute atomic E-state index is 0.227. The van der Waals surface area contributed by atoms with E-state index in [1.54, 1.807) is 17.8 Å². The Morgan fingerprint density at radius 3 is 3.00 bits per heavy atom. The molecule has 2 heterocycles. The molecule has 0 unspecified atom stereocenters. The van der Waals surface area contributed by atoms with Gasteiger partial charge in [-0.05, 0) is 18.6 Å². The summed E-state index contributed by atoms with van der Waals surface area (Å²) < 4.78 is 1.66. The average Bonchev–Trinajstić information content (AvgIpc) is 2.28. The van der Waals surface area contributed by atoms with Gasteiger partial charge in [-0.15, -0.1) is 0 Å². The molecular weight excluding hydrogens is 152 g/mol. The van der Waals surface area contributed by atoms with Gasteiger partial charge in [0.25, 0.3) is 0 Å². The van der Waals surface area contributed by atoms with Crippen LogP contribution in [0.4, 0.5) is 0 Å². The molecular formula is C9H10N2O. The number of hydrogen-bond acceptors (Lipinski definition) is 2. The first kappa shape index (κ1) is 7.16. The molecule has 2 aromatic heterocycles. The van der Waals surface area contributed by atoms with Crippen molar-refractivity contribution in [1.29, 1.82) is 0 Å². The molecule has 0 radical (unpaired) electrons. The Bertz CT molecular complexity index is 431. The van der Waals surface area contributed by atoms with Gasteiger partial charge < -0.3 is 9.67 Å². The lowest BCUT2D eigenvalue weighted by molar-refractivity contribution is 0.436. The summed E-state index contributed by atoms with van der Waals surface area (Å²) >= 11 is 0. The molecule has 0 atom stereocenters. The number of aryl methyl sites for hydroxylation is 2. The molecule has 0 bridgehead atoms. The van der Waals surface area contributed by atoms with E-state index in [0.717, 1.165) is 10.9 Å². The highest BCUT2D eigenvalue weighted by Crippen LogP contribution is 2.23. The van der Waals surface area contributed by atoms with Crippen LogP contribution in [0.5, 0.6) is 5.88 Å². The van der Waals surface area contributed by atoms with Crippen molar-refractivity contribution < 1.29 is 5.11 Å². The summed E-state index contributed by atoms with van der Waals surface area (Å²) in [6.07, 6.45) is 3.62. The van der Waals surface area contributed by atoms with Crippen LogP contribution in [0.15, 0.2) is 18.5 Å². The molecule has 62 valence electrons. The predicted molar refractivity (Wildman–Crippen MR) is 47.1 cm³/mol. The van der Waals surface area contributed by atoms with E-state index in [4.69, 9.17) is 0 Å². The molecule has 0 spiro atoms. The predicted octanol–water partition coefficient (Wildman–Crippen LogP) is 1.59. The zero-order valence-corrected chi connectivity index (χ0v) is 7.07. The lowest BCUT2D eigenvalue weighted by Crippen LogP contribution is -1.81. The van der Waals surface area contributed by atoms with Gasteiger partial charge in [0.2, 0.25) is 5.88 Å². The van der Waals surface area contributed by atoms with Crippen LogP contribution in [0.2, 0.25) is 0 Å². The Morgan fingerprint density at radius 1 is 1.50 bits per heavy atom. The average molecular weight is 162 g/mol. The molecule has 2 aromatic rings. The highest BCUT2D eigenvalue weighted by molar-refractivity contribution is 5.84. The molecule has 0 saturated heterocycles. The van der Waals surface area contributed by atoms with Crippen molar-refractivity contribution in [3.8, 4) is 5.88 Å². The number of hydrogen-bond donors (Lipinski definition) is 1. The van der Waals surface area contributed by atoms with Gasteiger partial charge in [0.1, 0.15) is 5.52 Å². The minimum atomic E-state index is 0.227. The molecule has 0 aromatic carbocycles. The zero-order chi connectivity index (χ0) is 8.72. The maximum Gasteiger partial charge on any atom is 0.218 e. The van der Waals surface area contributed by atoms with E-state index in [9.17, 15) is 5.11 Å². The standard InChI is InChI=1S/C9H10N2O/c1-6-3-7-5-11(2)9(12)8(7)10-4-6/h3-5,12H,1-2H3. The number of aromatic hydroxyl groups is 1. The van der Waals surface area contributed by atoms with Crippen molar-refractivity contribution in [2.45, 2.75) is 6.92 Å². The quantitative estimate of drug-likeness (QED) is 0.638. The first-order valence-electron chi connectivity index (χ1n) is 3.79. The van der Waals surface area contributed by atoms with Gasteiger partial charge >= 0.3 is 0 Å². The van der Waals surface area contributed by atoms with Gasteiger partial charge in [0.05, 0.1) is 0 Å². The van der Waals surface area contributed by atoms with E-state index in [2.05, 4.69) is 4.98 Å². The van der Waals surface area contributed by atoms with Crippen molar-refractivity contribution in [2.24, 2.45) is 7.05 Å². The summed E-state index contributed by atoms with van der Waals surface area (Å²) in [6, 6.07) is 2.00. The van der Waals surface area contributed by atoms with Crippen LogP contribution in [0.1, 0.15) is 5.56 Å². The fraction of sp³-hybridized carbons (Fsp3) is 0.222. The van der Waals surface area contributed by atoms with Crippen molar-refractivity contribution >= 4 is 10.9 Å². The van der Waals surface area contributed by atoms with E-state index in [0.29, 0.717) is 5.52 Å². The Balaban J connectivity index is 2.87. The second kappa shape index (κ2) is 2.24. The molecule has 3 heteroatoms. The SMILES string of the molecule is Cc1cnc2c(O)n(C)cc2c1. The molecule has 0 saturated carbocycles. The molecule has 0 aliphatic carbocycles. The van der Waals surface area contributed by atoms with Gasteiger partial charge in [-0.2, -0.15) is 0 Å². The Labute approximate surface area is 70.3 Å². The Morgan fingerprint density at radius 2 is 2.25 bits per heavy atom. The van der Waals surface area contributed by atoms with Crippen LogP contribution in [-0.2, 0) is 7.05 Å². The number of fused-ring (bicyclic) bond motifs is 1. The number of pyridine rings is 1. The minimum Gasteiger partial charge on any atom is -0.493 e. The van der Waals surface area contributed by atoms with Crippen molar-refractivity contribution in [1.82, 2.24) is 9.55 Å². The lowest BCUT2D eigenvalue weighted by atomic mass is 10.2. The molecule has 0 aliphatic rings. The van der Waals surface area contributed by atoms with Gasteiger partial charge in [-0.25, -0.2) is 0 Å². The third-order valence-electron chi connectivity index (χ3n) is 1.93. The van der Waals surface area contributed by atoms with Gasteiger partial charge in [0, 0.05) is 24.8 Å². The van der Waals surface area contributed by atoms with Crippen LogP contribution in [0.25, 0.3) is 10.9 Å². The first-order chi connectivity index (χ1) is 5.68. The second-order valence-electron chi connectivity index (χ2n) is 3.01. The van der Waals surface area contributed by atoms with E-state index < -0.39 is 0 Å². The monoisotopic (exact) mass is 162 g/mol. The van der Waals surface area contributed by atoms with Gasteiger partial charge in [0.15, 0.2) is 0 Å². The molecule has 0 amide bonds. The second-order valence-corrected chi connectivity index (χ2v) is 3.01. The van der Waals surface area contributed by atoms with E-state index in [1.165, 1.54) is 0 Å². The Hall–Kier alpha value is -1.51. The molecule has 1 N–H and O–H groups in total. The van der Waals surface area contributed by atoms with E-state index >= 15 is 0 Å². The van der Waals surface area contributed by atoms with Crippen LogP contribution in [0, 0.1) is 6.92 Å². The van der Waals surface area contributed by atoms with Crippen molar-refractivity contribution in [3.05, 3.63) is 24.0 Å². The third kappa shape index (κ3) is 0.863. The molecule has 12 heavy (non-hydrogen) atoms. The molecule has 0 fully saturated rings. The summed E-state index contributed by atoms with van der Waals surface area (Å²) in [5.41, 5.74) is 1.77. The van der Waals surface area contributed by atoms with Crippen molar-refractivity contribution in [3.63, 3.8) is 0 Å². The number of rotatable bonds is 0. The summed E-state index contributed by atoms with van der Waals surface area (Å²) in [6.45, 7) is 1.98. The highest BCUT2D eigenvalue weighted by atomic mass is 16.3. The molecule has 3 nitrogen and oxygen atoms in total. The number of nitrogens with zero attached hydrogens (tertiary/aromatic N) is 2. The summed E-state index contributed by atoms with van der Waals surface area (Å²) in [5, 5.41) is 10.5. The van der Waals surface area contributed by atoms with Crippen LogP contribution in [0.3, 0.4) is 0 Å². The fourth-order valence-electron chi connectivity index (χ4n) is 1.31. The largest absolute Gasteiger partial charge is 0.493 e. The Kier molecular flexibility index (Phi) is 1.33. The van der Waals surface area contributed by atoms with Crippen molar-refractivity contribution in [2.75, 3.05) is 0 Å².